The van der Waals surface area contributed by atoms with Crippen LogP contribution < -0.4 is 10.6 Å². The molecule has 0 saturated heterocycles. The predicted molar refractivity (Wildman–Crippen MR) is 154 cm³/mol. The molecule has 1 aromatic heterocycles. The van der Waals surface area contributed by atoms with Gasteiger partial charge in [0, 0.05) is 36.5 Å². The first kappa shape index (κ1) is 28.4. The molecule has 0 fully saturated rings. The zero-order valence-corrected chi connectivity index (χ0v) is 24.0. The monoisotopic (exact) mass is 558 g/mol. The molecule has 2 N–H and O–H groups in total. The highest BCUT2D eigenvalue weighted by molar-refractivity contribution is 6.06. The Morgan fingerprint density at radius 3 is 2.63 bits per heavy atom. The maximum absolute atomic E-state index is 14.0. The molecule has 2 heterocycles. The van der Waals surface area contributed by atoms with Gasteiger partial charge in [0.05, 0.1) is 11.5 Å². The second-order valence-corrected chi connectivity index (χ2v) is 12.0. The molecule has 1 aliphatic heterocycles. The van der Waals surface area contributed by atoms with E-state index in [9.17, 15) is 18.8 Å². The van der Waals surface area contributed by atoms with E-state index in [2.05, 4.69) is 15.6 Å². The third kappa shape index (κ3) is 5.46. The van der Waals surface area contributed by atoms with Crippen molar-refractivity contribution in [3.63, 3.8) is 0 Å². The highest BCUT2D eigenvalue weighted by Crippen LogP contribution is 2.47. The minimum atomic E-state index is -0.734. The van der Waals surface area contributed by atoms with Crippen LogP contribution in [0.3, 0.4) is 0 Å². The molecular weight excluding hydrogens is 523 g/mol. The number of halogens is 1. The number of hydrogen-bond acceptors (Lipinski definition) is 5. The Morgan fingerprint density at radius 1 is 1.15 bits per heavy atom. The van der Waals surface area contributed by atoms with Gasteiger partial charge < -0.3 is 20.3 Å². The molecule has 3 amide bonds. The van der Waals surface area contributed by atoms with Gasteiger partial charge in [0.15, 0.2) is 0 Å². The molecule has 2 aromatic carbocycles. The lowest BCUT2D eigenvalue weighted by atomic mass is 9.79. The van der Waals surface area contributed by atoms with Crippen molar-refractivity contribution in [3.05, 3.63) is 88.4 Å². The first-order valence-electron chi connectivity index (χ1n) is 13.7. The molecule has 41 heavy (non-hydrogen) atoms. The lowest BCUT2D eigenvalue weighted by molar-refractivity contribution is -0.142. The van der Waals surface area contributed by atoms with Gasteiger partial charge in [-0.25, -0.2) is 9.37 Å². The summed E-state index contributed by atoms with van der Waals surface area (Å²) in [6.45, 7) is 7.15. The molecule has 5 rings (SSSR count). The van der Waals surface area contributed by atoms with Crippen LogP contribution in [0.2, 0.25) is 0 Å². The van der Waals surface area contributed by atoms with Crippen molar-refractivity contribution < 1.29 is 23.5 Å². The SMILES string of the molecule is COC(C)c1cc(F)ccc1CN(CC(=O)Nc1ccc2c(c1)CC1(C2)C(=O)Nc2ncccc21)C(=O)C(C)(C)C. The highest BCUT2D eigenvalue weighted by atomic mass is 19.1. The van der Waals surface area contributed by atoms with Crippen molar-refractivity contribution in [1.29, 1.82) is 0 Å². The van der Waals surface area contributed by atoms with Gasteiger partial charge in [-0.3, -0.25) is 14.4 Å². The van der Waals surface area contributed by atoms with Gasteiger partial charge in [0.25, 0.3) is 0 Å². The number of benzene rings is 2. The number of hydrogen-bond donors (Lipinski definition) is 2. The fourth-order valence-electron chi connectivity index (χ4n) is 5.81. The van der Waals surface area contributed by atoms with Crippen LogP contribution in [-0.2, 0) is 43.9 Å². The van der Waals surface area contributed by atoms with Gasteiger partial charge in [-0.05, 0) is 72.4 Å². The zero-order valence-electron chi connectivity index (χ0n) is 24.0. The van der Waals surface area contributed by atoms with Crippen LogP contribution >= 0.6 is 0 Å². The minimum absolute atomic E-state index is 0.0627. The molecular formula is C32H35FN4O4. The summed E-state index contributed by atoms with van der Waals surface area (Å²) < 4.78 is 19.5. The molecule has 2 unspecified atom stereocenters. The number of pyridine rings is 1. The van der Waals surface area contributed by atoms with E-state index >= 15 is 0 Å². The van der Waals surface area contributed by atoms with Crippen LogP contribution in [0.4, 0.5) is 15.9 Å². The summed E-state index contributed by atoms with van der Waals surface area (Å²) in [6.07, 6.45) is 2.35. The lowest BCUT2D eigenvalue weighted by Crippen LogP contribution is -2.43. The fourth-order valence-corrected chi connectivity index (χ4v) is 5.81. The van der Waals surface area contributed by atoms with E-state index in [4.69, 9.17) is 4.74 Å². The molecule has 0 saturated carbocycles. The molecule has 0 radical (unpaired) electrons. The summed E-state index contributed by atoms with van der Waals surface area (Å²) in [6, 6.07) is 13.8. The smallest absolute Gasteiger partial charge is 0.244 e. The zero-order chi connectivity index (χ0) is 29.5. The van der Waals surface area contributed by atoms with Crippen molar-refractivity contribution >= 4 is 29.2 Å². The second-order valence-electron chi connectivity index (χ2n) is 12.0. The molecule has 2 atom stereocenters. The molecule has 214 valence electrons. The normalized spacial score (nSPS) is 18.0. The Morgan fingerprint density at radius 2 is 1.90 bits per heavy atom. The number of anilines is 2. The average Bonchev–Trinajstić information content (AvgIpc) is 3.44. The van der Waals surface area contributed by atoms with Crippen molar-refractivity contribution in [2.75, 3.05) is 24.3 Å². The molecule has 1 aliphatic carbocycles. The van der Waals surface area contributed by atoms with Crippen LogP contribution in [-0.4, -0.2) is 41.3 Å². The van der Waals surface area contributed by atoms with E-state index in [1.165, 1.54) is 24.1 Å². The third-order valence-corrected chi connectivity index (χ3v) is 7.99. The van der Waals surface area contributed by atoms with E-state index in [-0.39, 0.29) is 36.9 Å². The second kappa shape index (κ2) is 10.7. The molecule has 0 bridgehead atoms. The fraction of sp³-hybridized carbons (Fsp3) is 0.375. The summed E-state index contributed by atoms with van der Waals surface area (Å²) in [5.74, 6) is -0.415. The predicted octanol–water partition coefficient (Wildman–Crippen LogP) is 4.93. The van der Waals surface area contributed by atoms with Crippen LogP contribution in [0.15, 0.2) is 54.7 Å². The number of fused-ring (bicyclic) bond motifs is 3. The number of methoxy groups -OCH3 is 1. The van der Waals surface area contributed by atoms with E-state index in [0.29, 0.717) is 35.5 Å². The summed E-state index contributed by atoms with van der Waals surface area (Å²) in [4.78, 5) is 45.5. The first-order valence-corrected chi connectivity index (χ1v) is 13.7. The van der Waals surface area contributed by atoms with Crippen molar-refractivity contribution in [2.24, 2.45) is 5.41 Å². The standard InChI is InChI=1S/C32H35FN4O4/c1-19(41-5)25-14-23(33)10-8-21(25)17-37(30(40)31(2,3)4)18-27(38)35-24-11-9-20-15-32(16-22(20)13-24)26-7-6-12-34-28(26)36-29(32)39/h6-14,19H,15-18H2,1-5H3,(H,35,38)(H,34,36,39). The highest BCUT2D eigenvalue weighted by Gasteiger charge is 2.51. The Hall–Kier alpha value is -4.11. The number of nitrogens with zero attached hydrogens (tertiary/aromatic N) is 2. The van der Waals surface area contributed by atoms with E-state index < -0.39 is 16.6 Å². The van der Waals surface area contributed by atoms with Crippen molar-refractivity contribution in [1.82, 2.24) is 9.88 Å². The average molecular weight is 559 g/mol. The largest absolute Gasteiger partial charge is 0.377 e. The Balaban J connectivity index is 1.34. The number of ether oxygens (including phenoxy) is 1. The van der Waals surface area contributed by atoms with Gasteiger partial charge in [0.2, 0.25) is 17.7 Å². The van der Waals surface area contributed by atoms with Gasteiger partial charge in [-0.15, -0.1) is 0 Å². The first-order chi connectivity index (χ1) is 19.4. The summed E-state index contributed by atoms with van der Waals surface area (Å²) in [7, 11) is 1.54. The summed E-state index contributed by atoms with van der Waals surface area (Å²) in [5.41, 5.74) is 3.43. The van der Waals surface area contributed by atoms with Gasteiger partial charge in [-0.2, -0.15) is 0 Å². The van der Waals surface area contributed by atoms with Crippen LogP contribution in [0.5, 0.6) is 0 Å². The topological polar surface area (TPSA) is 101 Å². The van der Waals surface area contributed by atoms with Crippen molar-refractivity contribution in [3.8, 4) is 0 Å². The van der Waals surface area contributed by atoms with Crippen LogP contribution in [0.1, 0.15) is 61.6 Å². The number of carbonyl (C=O) groups is 3. The third-order valence-electron chi connectivity index (χ3n) is 7.99. The number of carbonyl (C=O) groups excluding carboxylic acids is 3. The number of rotatable bonds is 7. The number of nitrogens with one attached hydrogen (secondary N) is 2. The molecule has 9 heteroatoms. The summed E-state index contributed by atoms with van der Waals surface area (Å²) in [5, 5.41) is 5.84. The van der Waals surface area contributed by atoms with Gasteiger partial charge >= 0.3 is 0 Å². The van der Waals surface area contributed by atoms with Crippen LogP contribution in [0, 0.1) is 11.2 Å². The molecule has 2 aliphatic rings. The quantitative estimate of drug-likeness (QED) is 0.428. The minimum Gasteiger partial charge on any atom is -0.377 e. The Bertz CT molecular complexity index is 1530. The number of aromatic nitrogens is 1. The lowest BCUT2D eigenvalue weighted by Gasteiger charge is -2.30. The Labute approximate surface area is 239 Å². The van der Waals surface area contributed by atoms with E-state index in [0.717, 1.165) is 16.7 Å². The van der Waals surface area contributed by atoms with Crippen molar-refractivity contribution in [2.45, 2.75) is 58.6 Å². The van der Waals surface area contributed by atoms with E-state index in [1.807, 2.05) is 37.3 Å². The maximum atomic E-state index is 14.0. The van der Waals surface area contributed by atoms with Gasteiger partial charge in [-0.1, -0.05) is 39.0 Å². The number of amides is 3. The summed E-state index contributed by atoms with van der Waals surface area (Å²) >= 11 is 0. The molecule has 3 aromatic rings. The maximum Gasteiger partial charge on any atom is 0.244 e. The van der Waals surface area contributed by atoms with Crippen LogP contribution in [0.25, 0.3) is 0 Å². The molecule has 8 nitrogen and oxygen atoms in total. The molecule has 1 spiro atoms. The Kier molecular flexibility index (Phi) is 7.42. The van der Waals surface area contributed by atoms with E-state index in [1.54, 1.807) is 33.0 Å². The van der Waals surface area contributed by atoms with Gasteiger partial charge in [0.1, 0.15) is 18.2 Å².